The molecule has 2 unspecified atom stereocenters. The van der Waals surface area contributed by atoms with Gasteiger partial charge in [-0.15, -0.1) is 0 Å². The molecule has 1 fully saturated rings. The smallest absolute Gasteiger partial charge is 0.185 e. The summed E-state index contributed by atoms with van der Waals surface area (Å²) in [5, 5.41) is 4.28. The van der Waals surface area contributed by atoms with Crippen LogP contribution in [0.4, 0.5) is 0 Å². The van der Waals surface area contributed by atoms with E-state index in [1.165, 1.54) is 6.42 Å². The molecule has 1 aromatic heterocycles. The number of carbonyl (C=O) groups is 1. The molecule has 1 aliphatic rings. The zero-order valence-electron chi connectivity index (χ0n) is 10.6. The van der Waals surface area contributed by atoms with Gasteiger partial charge in [0.2, 0.25) is 0 Å². The third-order valence-corrected chi connectivity index (χ3v) is 4.12. The molecule has 94 valence electrons. The molecule has 2 atom stereocenters. The van der Waals surface area contributed by atoms with Crippen molar-refractivity contribution >= 4 is 21.7 Å². The Bertz CT molecular complexity index is 425. The second kappa shape index (κ2) is 4.92. The topological polar surface area (TPSA) is 34.9 Å². The molecule has 1 heterocycles. The predicted octanol–water partition coefficient (Wildman–Crippen LogP) is 3.85. The van der Waals surface area contributed by atoms with E-state index in [4.69, 9.17) is 0 Å². The van der Waals surface area contributed by atoms with Crippen molar-refractivity contribution in [3.63, 3.8) is 0 Å². The fourth-order valence-corrected chi connectivity index (χ4v) is 3.07. The highest BCUT2D eigenvalue weighted by Crippen LogP contribution is 2.34. The first-order valence-corrected chi connectivity index (χ1v) is 7.07. The average molecular weight is 299 g/mol. The Morgan fingerprint density at radius 2 is 2.24 bits per heavy atom. The Morgan fingerprint density at radius 3 is 2.76 bits per heavy atom. The van der Waals surface area contributed by atoms with Crippen LogP contribution in [0.5, 0.6) is 0 Å². The van der Waals surface area contributed by atoms with Crippen LogP contribution in [-0.2, 0) is 0 Å². The van der Waals surface area contributed by atoms with Crippen LogP contribution in [-0.4, -0.2) is 15.6 Å². The van der Waals surface area contributed by atoms with Crippen molar-refractivity contribution in [3.8, 4) is 0 Å². The minimum absolute atomic E-state index is 0.190. The molecule has 0 aromatic carbocycles. The lowest BCUT2D eigenvalue weighted by atomic mass is 9.98. The van der Waals surface area contributed by atoms with Gasteiger partial charge in [0.25, 0.3) is 0 Å². The van der Waals surface area contributed by atoms with Gasteiger partial charge in [-0.3, -0.25) is 9.48 Å². The van der Waals surface area contributed by atoms with Crippen LogP contribution in [0.3, 0.4) is 0 Å². The Hall–Kier alpha value is -0.640. The van der Waals surface area contributed by atoms with Crippen molar-refractivity contribution in [3.05, 3.63) is 16.4 Å². The van der Waals surface area contributed by atoms with Crippen molar-refractivity contribution in [1.82, 2.24) is 9.78 Å². The molecule has 2 rings (SSSR count). The zero-order valence-corrected chi connectivity index (χ0v) is 12.2. The molecule has 4 heteroatoms. The molecule has 0 saturated heterocycles. The van der Waals surface area contributed by atoms with Gasteiger partial charge in [0.1, 0.15) is 5.69 Å². The van der Waals surface area contributed by atoms with Crippen molar-refractivity contribution in [1.29, 1.82) is 0 Å². The van der Waals surface area contributed by atoms with Crippen molar-refractivity contribution in [2.24, 2.45) is 11.8 Å². The van der Waals surface area contributed by atoms with Gasteiger partial charge in [-0.25, -0.2) is 0 Å². The highest BCUT2D eigenvalue weighted by molar-refractivity contribution is 9.10. The van der Waals surface area contributed by atoms with E-state index in [-0.39, 0.29) is 17.7 Å². The van der Waals surface area contributed by atoms with Crippen LogP contribution in [0.15, 0.2) is 10.7 Å². The Kier molecular flexibility index (Phi) is 3.71. The zero-order chi connectivity index (χ0) is 12.6. The van der Waals surface area contributed by atoms with Crippen molar-refractivity contribution < 1.29 is 4.79 Å². The summed E-state index contributed by atoms with van der Waals surface area (Å²) in [5.74, 6) is 1.13. The maximum Gasteiger partial charge on any atom is 0.185 e. The molecule has 0 N–H and O–H groups in total. The molecule has 3 nitrogen and oxygen atoms in total. The Balaban J connectivity index is 2.27. The minimum Gasteiger partial charge on any atom is -0.292 e. The highest BCUT2D eigenvalue weighted by Gasteiger charge is 2.31. The first kappa shape index (κ1) is 12.8. The number of Topliss-reactive ketones (excluding diaryl/α,β-unsaturated/α-hetero) is 1. The van der Waals surface area contributed by atoms with E-state index < -0.39 is 0 Å². The fourth-order valence-electron chi connectivity index (χ4n) is 2.60. The molecule has 0 radical (unpaired) electrons. The summed E-state index contributed by atoms with van der Waals surface area (Å²) in [4.78, 5) is 12.5. The fraction of sp³-hybridized carbons (Fsp3) is 0.692. The number of halogens is 1. The summed E-state index contributed by atoms with van der Waals surface area (Å²) in [6.07, 6.45) is 4.94. The van der Waals surface area contributed by atoms with E-state index in [2.05, 4.69) is 28.0 Å². The van der Waals surface area contributed by atoms with Crippen molar-refractivity contribution in [2.75, 3.05) is 0 Å². The summed E-state index contributed by atoms with van der Waals surface area (Å²) < 4.78 is 2.66. The number of nitrogens with zero attached hydrogens (tertiary/aromatic N) is 2. The quantitative estimate of drug-likeness (QED) is 0.795. The summed E-state index contributed by atoms with van der Waals surface area (Å²) in [6.45, 7) is 6.32. The van der Waals surface area contributed by atoms with Crippen LogP contribution in [0.1, 0.15) is 56.6 Å². The maximum absolute atomic E-state index is 12.5. The normalized spacial score (nSPS) is 24.5. The second-order valence-electron chi connectivity index (χ2n) is 5.36. The largest absolute Gasteiger partial charge is 0.292 e. The highest BCUT2D eigenvalue weighted by atomic mass is 79.9. The summed E-state index contributed by atoms with van der Waals surface area (Å²) in [5.41, 5.74) is 0.749. The molecule has 0 bridgehead atoms. The van der Waals surface area contributed by atoms with Crippen LogP contribution in [0.2, 0.25) is 0 Å². The van der Waals surface area contributed by atoms with Gasteiger partial charge in [0.15, 0.2) is 5.78 Å². The summed E-state index contributed by atoms with van der Waals surface area (Å²) in [7, 11) is 0. The standard InChI is InChI=1S/C13H19BrN2O/c1-8(2)16-12(11(14)7-15-16)13(17)10-5-4-9(3)6-10/h7-10H,4-6H2,1-3H3. The maximum atomic E-state index is 12.5. The van der Waals surface area contributed by atoms with E-state index in [9.17, 15) is 4.79 Å². The SMILES string of the molecule is CC1CCC(C(=O)c2c(Br)cnn2C(C)C)C1. The van der Waals surface area contributed by atoms with E-state index >= 15 is 0 Å². The van der Waals surface area contributed by atoms with E-state index in [1.807, 2.05) is 18.5 Å². The molecule has 1 aliphatic carbocycles. The molecule has 0 aliphatic heterocycles. The lowest BCUT2D eigenvalue weighted by Crippen LogP contribution is -2.19. The van der Waals surface area contributed by atoms with Crippen LogP contribution >= 0.6 is 15.9 Å². The molecular weight excluding hydrogens is 280 g/mol. The Labute approximate surface area is 111 Å². The third-order valence-electron chi connectivity index (χ3n) is 3.54. The molecular formula is C13H19BrN2O. The van der Waals surface area contributed by atoms with Crippen LogP contribution < -0.4 is 0 Å². The molecule has 17 heavy (non-hydrogen) atoms. The molecule has 1 aromatic rings. The van der Waals surface area contributed by atoms with Crippen molar-refractivity contribution in [2.45, 2.75) is 46.1 Å². The lowest BCUT2D eigenvalue weighted by molar-refractivity contribution is 0.0906. The minimum atomic E-state index is 0.190. The molecule has 0 spiro atoms. The van der Waals surface area contributed by atoms with Gasteiger partial charge < -0.3 is 0 Å². The van der Waals surface area contributed by atoms with Gasteiger partial charge in [-0.1, -0.05) is 6.92 Å². The average Bonchev–Trinajstić information content (AvgIpc) is 2.83. The van der Waals surface area contributed by atoms with Gasteiger partial charge >= 0.3 is 0 Å². The first-order valence-electron chi connectivity index (χ1n) is 6.28. The van der Waals surface area contributed by atoms with E-state index in [0.29, 0.717) is 5.92 Å². The predicted molar refractivity (Wildman–Crippen MR) is 71.1 cm³/mol. The number of carbonyl (C=O) groups excluding carboxylic acids is 1. The van der Waals surface area contributed by atoms with Crippen LogP contribution in [0, 0.1) is 11.8 Å². The monoisotopic (exact) mass is 298 g/mol. The van der Waals surface area contributed by atoms with Gasteiger partial charge in [0, 0.05) is 12.0 Å². The summed E-state index contributed by atoms with van der Waals surface area (Å²) >= 11 is 3.44. The Morgan fingerprint density at radius 1 is 1.53 bits per heavy atom. The van der Waals surface area contributed by atoms with E-state index in [1.54, 1.807) is 6.20 Å². The molecule has 1 saturated carbocycles. The number of hydrogen-bond acceptors (Lipinski definition) is 2. The van der Waals surface area contributed by atoms with Crippen LogP contribution in [0.25, 0.3) is 0 Å². The second-order valence-corrected chi connectivity index (χ2v) is 6.21. The summed E-state index contributed by atoms with van der Waals surface area (Å²) in [6, 6.07) is 0.221. The number of rotatable bonds is 3. The third kappa shape index (κ3) is 2.46. The van der Waals surface area contributed by atoms with E-state index in [0.717, 1.165) is 23.0 Å². The number of hydrogen-bond donors (Lipinski definition) is 0. The lowest BCUT2D eigenvalue weighted by Gasteiger charge is -2.14. The first-order chi connectivity index (χ1) is 8.00. The number of ketones is 1. The molecule has 0 amide bonds. The van der Waals surface area contributed by atoms with Gasteiger partial charge in [-0.05, 0) is 55.0 Å². The number of aromatic nitrogens is 2. The van der Waals surface area contributed by atoms with Gasteiger partial charge in [0.05, 0.1) is 10.7 Å². The van der Waals surface area contributed by atoms with Gasteiger partial charge in [-0.2, -0.15) is 5.10 Å².